The van der Waals surface area contributed by atoms with Gasteiger partial charge in [0.2, 0.25) is 0 Å². The zero-order valence-corrected chi connectivity index (χ0v) is 15.2. The highest BCUT2D eigenvalue weighted by Gasteiger charge is 2.31. The molecule has 1 unspecified atom stereocenters. The molecule has 1 aromatic heterocycles. The Morgan fingerprint density at radius 1 is 1.50 bits per heavy atom. The summed E-state index contributed by atoms with van der Waals surface area (Å²) in [6.07, 6.45) is 1.29. The van der Waals surface area contributed by atoms with Gasteiger partial charge >= 0.3 is 0 Å². The molecule has 8 nitrogen and oxygen atoms in total. The molecular formula is C14H23ClN4O4S. The van der Waals surface area contributed by atoms with Crippen LogP contribution < -0.4 is 10.6 Å². The van der Waals surface area contributed by atoms with Crippen LogP contribution in [-0.2, 0) is 34.1 Å². The van der Waals surface area contributed by atoms with Gasteiger partial charge in [0.1, 0.15) is 0 Å². The van der Waals surface area contributed by atoms with Crippen LogP contribution in [0, 0.1) is 0 Å². The minimum atomic E-state index is -3.02. The van der Waals surface area contributed by atoms with Crippen LogP contribution in [0.1, 0.15) is 28.2 Å². The Labute approximate surface area is 147 Å². The van der Waals surface area contributed by atoms with Gasteiger partial charge in [0.05, 0.1) is 24.7 Å². The number of ether oxygens (including phenoxy) is 1. The van der Waals surface area contributed by atoms with Crippen molar-refractivity contribution >= 4 is 28.2 Å². The monoisotopic (exact) mass is 378 g/mol. The standard InChI is InChI=1S/C14H22N4O4S.ClH/c1-22-6-5-18-12-2-4-15-8-11(12)13(17-18)14(19)16-10-3-7-23(20,21)9-10;/h10,15H,2-9H2,1H3,(H,16,19);1H. The van der Waals surface area contributed by atoms with Crippen molar-refractivity contribution in [3.05, 3.63) is 17.0 Å². The van der Waals surface area contributed by atoms with Gasteiger partial charge in [0.25, 0.3) is 5.91 Å². The molecule has 0 saturated carbocycles. The molecule has 0 bridgehead atoms. The van der Waals surface area contributed by atoms with Gasteiger partial charge in [-0.15, -0.1) is 12.4 Å². The van der Waals surface area contributed by atoms with Crippen molar-refractivity contribution in [2.45, 2.75) is 32.0 Å². The number of amides is 1. The molecule has 1 atom stereocenters. The highest BCUT2D eigenvalue weighted by Crippen LogP contribution is 2.19. The Bertz CT molecular complexity index is 704. The third kappa shape index (κ3) is 4.08. The maximum Gasteiger partial charge on any atom is 0.272 e. The molecule has 1 saturated heterocycles. The first kappa shape index (κ1) is 19.2. The van der Waals surface area contributed by atoms with E-state index in [1.165, 1.54) is 0 Å². The first-order chi connectivity index (χ1) is 11.0. The molecular weight excluding hydrogens is 356 g/mol. The lowest BCUT2D eigenvalue weighted by Gasteiger charge is -2.16. The van der Waals surface area contributed by atoms with Crippen LogP contribution in [-0.4, -0.2) is 61.9 Å². The Morgan fingerprint density at radius 3 is 2.96 bits per heavy atom. The maximum atomic E-state index is 12.5. The van der Waals surface area contributed by atoms with Crippen LogP contribution in [0.15, 0.2) is 0 Å². The van der Waals surface area contributed by atoms with Crippen molar-refractivity contribution < 1.29 is 17.9 Å². The highest BCUT2D eigenvalue weighted by atomic mass is 35.5. The summed E-state index contributed by atoms with van der Waals surface area (Å²) >= 11 is 0. The van der Waals surface area contributed by atoms with Gasteiger partial charge in [-0.1, -0.05) is 0 Å². The van der Waals surface area contributed by atoms with E-state index >= 15 is 0 Å². The first-order valence-corrected chi connectivity index (χ1v) is 9.62. The topological polar surface area (TPSA) is 102 Å². The second-order valence-corrected chi connectivity index (χ2v) is 8.22. The zero-order valence-electron chi connectivity index (χ0n) is 13.6. The maximum absolute atomic E-state index is 12.5. The summed E-state index contributed by atoms with van der Waals surface area (Å²) in [5, 5.41) is 10.5. The summed E-state index contributed by atoms with van der Waals surface area (Å²) in [6.45, 7) is 2.59. The van der Waals surface area contributed by atoms with Crippen molar-refractivity contribution in [3.8, 4) is 0 Å². The van der Waals surface area contributed by atoms with Crippen molar-refractivity contribution in [2.24, 2.45) is 0 Å². The molecule has 2 aliphatic heterocycles. The van der Waals surface area contributed by atoms with Crippen LogP contribution in [0.25, 0.3) is 0 Å². The number of fused-ring (bicyclic) bond motifs is 1. The second kappa shape index (κ2) is 7.81. The minimum absolute atomic E-state index is 0. The number of sulfone groups is 1. The molecule has 2 N–H and O–H groups in total. The lowest BCUT2D eigenvalue weighted by atomic mass is 10.1. The van der Waals surface area contributed by atoms with Gasteiger partial charge in [-0.05, 0) is 6.42 Å². The fourth-order valence-electron chi connectivity index (χ4n) is 3.13. The van der Waals surface area contributed by atoms with Crippen LogP contribution in [0.2, 0.25) is 0 Å². The van der Waals surface area contributed by atoms with E-state index in [9.17, 15) is 13.2 Å². The number of hydrogen-bond donors (Lipinski definition) is 2. The second-order valence-electron chi connectivity index (χ2n) is 5.99. The molecule has 1 fully saturated rings. The number of hydrogen-bond acceptors (Lipinski definition) is 6. The average molecular weight is 379 g/mol. The van der Waals surface area contributed by atoms with E-state index in [1.54, 1.807) is 7.11 Å². The first-order valence-electron chi connectivity index (χ1n) is 7.79. The summed E-state index contributed by atoms with van der Waals surface area (Å²) in [4.78, 5) is 12.5. The Balaban J connectivity index is 0.00000208. The van der Waals surface area contributed by atoms with E-state index in [0.717, 1.165) is 24.2 Å². The molecule has 3 rings (SSSR count). The van der Waals surface area contributed by atoms with Gasteiger partial charge in [-0.3, -0.25) is 9.48 Å². The molecule has 136 valence electrons. The highest BCUT2D eigenvalue weighted by molar-refractivity contribution is 7.91. The lowest BCUT2D eigenvalue weighted by molar-refractivity contribution is 0.0933. The van der Waals surface area contributed by atoms with E-state index in [4.69, 9.17) is 4.74 Å². The van der Waals surface area contributed by atoms with Gasteiger partial charge in [-0.2, -0.15) is 5.10 Å². The Morgan fingerprint density at radius 2 is 2.29 bits per heavy atom. The third-order valence-electron chi connectivity index (χ3n) is 4.30. The number of methoxy groups -OCH3 is 1. The molecule has 0 radical (unpaired) electrons. The van der Waals surface area contributed by atoms with Crippen LogP contribution in [0.3, 0.4) is 0 Å². The van der Waals surface area contributed by atoms with Crippen LogP contribution in [0.5, 0.6) is 0 Å². The minimum Gasteiger partial charge on any atom is -0.383 e. The molecule has 1 aromatic rings. The molecule has 0 spiro atoms. The van der Waals surface area contributed by atoms with Gasteiger partial charge in [-0.25, -0.2) is 8.42 Å². The normalized spacial score (nSPS) is 21.8. The number of aromatic nitrogens is 2. The van der Waals surface area contributed by atoms with Crippen LogP contribution in [0.4, 0.5) is 0 Å². The number of nitrogens with one attached hydrogen (secondary N) is 2. The zero-order chi connectivity index (χ0) is 16.4. The third-order valence-corrected chi connectivity index (χ3v) is 6.06. The SMILES string of the molecule is COCCn1nc(C(=O)NC2CCS(=O)(=O)C2)c2c1CCNC2.Cl. The molecule has 0 aliphatic carbocycles. The molecule has 24 heavy (non-hydrogen) atoms. The average Bonchev–Trinajstić information content (AvgIpc) is 3.05. The largest absolute Gasteiger partial charge is 0.383 e. The van der Waals surface area contributed by atoms with E-state index < -0.39 is 9.84 Å². The fourth-order valence-corrected chi connectivity index (χ4v) is 4.80. The van der Waals surface area contributed by atoms with E-state index in [2.05, 4.69) is 15.7 Å². The fraction of sp³-hybridized carbons (Fsp3) is 0.714. The number of halogens is 1. The van der Waals surface area contributed by atoms with E-state index in [1.807, 2.05) is 4.68 Å². The summed E-state index contributed by atoms with van der Waals surface area (Å²) < 4.78 is 30.0. The molecule has 2 aliphatic rings. The van der Waals surface area contributed by atoms with Crippen molar-refractivity contribution in [2.75, 3.05) is 31.8 Å². The van der Waals surface area contributed by atoms with Gasteiger partial charge < -0.3 is 15.4 Å². The Hall–Kier alpha value is -1.16. The summed E-state index contributed by atoms with van der Waals surface area (Å²) in [5.74, 6) is -0.132. The number of carbonyl (C=O) groups is 1. The quantitative estimate of drug-likeness (QED) is 0.717. The van der Waals surface area contributed by atoms with Crippen molar-refractivity contribution in [1.82, 2.24) is 20.4 Å². The summed E-state index contributed by atoms with van der Waals surface area (Å²) in [6, 6.07) is -0.316. The predicted octanol–water partition coefficient (Wildman–Crippen LogP) is -0.486. The van der Waals surface area contributed by atoms with E-state index in [0.29, 0.717) is 31.8 Å². The van der Waals surface area contributed by atoms with Gasteiger partial charge in [0, 0.05) is 43.9 Å². The molecule has 3 heterocycles. The van der Waals surface area contributed by atoms with Crippen LogP contribution >= 0.6 is 12.4 Å². The summed E-state index contributed by atoms with van der Waals surface area (Å²) in [7, 11) is -1.39. The van der Waals surface area contributed by atoms with Gasteiger partial charge in [0.15, 0.2) is 15.5 Å². The Kier molecular flexibility index (Phi) is 6.24. The smallest absolute Gasteiger partial charge is 0.272 e. The summed E-state index contributed by atoms with van der Waals surface area (Å²) in [5.41, 5.74) is 2.36. The van der Waals surface area contributed by atoms with E-state index in [-0.39, 0.29) is 35.9 Å². The number of rotatable bonds is 5. The molecule has 10 heteroatoms. The molecule has 1 amide bonds. The molecule has 0 aromatic carbocycles. The number of carbonyl (C=O) groups excluding carboxylic acids is 1. The lowest BCUT2D eigenvalue weighted by Crippen LogP contribution is -2.37. The predicted molar refractivity (Wildman–Crippen MR) is 91.3 cm³/mol. The van der Waals surface area contributed by atoms with Crippen molar-refractivity contribution in [3.63, 3.8) is 0 Å². The number of nitrogens with zero attached hydrogens (tertiary/aromatic N) is 2. The van der Waals surface area contributed by atoms with Crippen molar-refractivity contribution in [1.29, 1.82) is 0 Å².